The van der Waals surface area contributed by atoms with Gasteiger partial charge in [-0.3, -0.25) is 24.0 Å². The minimum Gasteiger partial charge on any atom is -0.481 e. The van der Waals surface area contributed by atoms with Crippen LogP contribution in [0.1, 0.15) is 150 Å². The highest BCUT2D eigenvalue weighted by Crippen LogP contribution is 2.77. The van der Waals surface area contributed by atoms with Crippen molar-refractivity contribution in [3.05, 3.63) is 46.0 Å². The van der Waals surface area contributed by atoms with Crippen LogP contribution in [0.4, 0.5) is 0 Å². The Kier molecular flexibility index (Phi) is 11.8. The molecule has 5 saturated carbocycles. The van der Waals surface area contributed by atoms with Crippen LogP contribution < -0.4 is 10.6 Å². The number of carbonyl (C=O) groups excluding carboxylic acids is 4. The van der Waals surface area contributed by atoms with Crippen molar-refractivity contribution in [2.45, 2.75) is 158 Å². The number of benzene rings is 1. The normalized spacial score (nSPS) is 38.1. The van der Waals surface area contributed by atoms with Crippen molar-refractivity contribution in [1.82, 2.24) is 10.6 Å². The number of rotatable bonds is 11. The molecule has 12 atom stereocenters. The van der Waals surface area contributed by atoms with Crippen LogP contribution in [0.2, 0.25) is 5.02 Å². The number of hydrogen-bond donors (Lipinski definition) is 4. The molecule has 336 valence electrons. The lowest BCUT2D eigenvalue weighted by molar-refractivity contribution is -0.236. The number of hydrogen-bond acceptors (Lipinski definition) is 7. The molecule has 5 fully saturated rings. The monoisotopic (exact) mass is 862 g/mol. The molecule has 0 radical (unpaired) electrons. The first-order chi connectivity index (χ1) is 28.3. The molecule has 6 aliphatic carbocycles. The summed E-state index contributed by atoms with van der Waals surface area (Å²) >= 11 is 6.00. The summed E-state index contributed by atoms with van der Waals surface area (Å²) in [7, 11) is 0. The van der Waals surface area contributed by atoms with E-state index in [4.69, 9.17) is 16.3 Å². The van der Waals surface area contributed by atoms with Crippen LogP contribution in [-0.4, -0.2) is 64.5 Å². The third-order valence-corrected chi connectivity index (χ3v) is 18.9. The molecule has 2 amide bonds. The number of carbonyl (C=O) groups is 5. The van der Waals surface area contributed by atoms with Gasteiger partial charge in [-0.1, -0.05) is 79.5 Å². The predicted octanol–water partition coefficient (Wildman–Crippen LogP) is 8.96. The Balaban J connectivity index is 1.09. The highest BCUT2D eigenvalue weighted by Gasteiger charge is 2.70. The van der Waals surface area contributed by atoms with Crippen LogP contribution in [0.3, 0.4) is 0 Å². The summed E-state index contributed by atoms with van der Waals surface area (Å²) in [5, 5.41) is 26.8. The van der Waals surface area contributed by atoms with Gasteiger partial charge < -0.3 is 25.6 Å². The smallest absolute Gasteiger partial charge is 0.309 e. The summed E-state index contributed by atoms with van der Waals surface area (Å²) < 4.78 is 6.41. The van der Waals surface area contributed by atoms with Crippen molar-refractivity contribution in [3.63, 3.8) is 0 Å². The summed E-state index contributed by atoms with van der Waals surface area (Å²) in [6, 6.07) is 5.82. The van der Waals surface area contributed by atoms with E-state index in [-0.39, 0.29) is 76.1 Å². The highest BCUT2D eigenvalue weighted by atomic mass is 35.5. The fourth-order valence-corrected chi connectivity index (χ4v) is 15.0. The van der Waals surface area contributed by atoms with Gasteiger partial charge in [-0.2, -0.15) is 0 Å². The SMILES string of the molecule is CC(C)C1=C2[C@H]3CC[C@@H]4[C@@]5(C)CC[C@H](OC(=O)[C@H]6C[C@@H](C(=O)O)C6(C)C)C(C)(C)[C@@H]5CC[C@@]4(C)[C@]3(C)CC[C@@]2(CC(=O)N[C@@H](CNC(=O)c2ccc(Cl)cc2)C(C)O)CC1=O. The number of nitrogens with one attached hydrogen (secondary N) is 2. The van der Waals surface area contributed by atoms with Gasteiger partial charge in [0, 0.05) is 40.8 Å². The van der Waals surface area contributed by atoms with Crippen molar-refractivity contribution in [2.24, 2.45) is 68.0 Å². The summed E-state index contributed by atoms with van der Waals surface area (Å²) in [6.45, 7) is 21.7. The largest absolute Gasteiger partial charge is 0.481 e. The van der Waals surface area contributed by atoms with Crippen LogP contribution in [0.25, 0.3) is 0 Å². The number of ether oxygens (including phenoxy) is 1. The number of aliphatic hydroxyl groups excluding tert-OH is 1. The molecule has 11 heteroatoms. The summed E-state index contributed by atoms with van der Waals surface area (Å²) in [6.07, 6.45) is 7.08. The molecule has 10 nitrogen and oxygen atoms in total. The number of Topliss-reactive ketones (excluding diaryl/α,β-unsaturated/α-hetero) is 1. The number of carboxylic acid groups (broad SMARTS) is 1. The van der Waals surface area contributed by atoms with E-state index in [0.29, 0.717) is 35.3 Å². The van der Waals surface area contributed by atoms with Crippen molar-refractivity contribution in [1.29, 1.82) is 0 Å². The van der Waals surface area contributed by atoms with Crippen LogP contribution in [-0.2, 0) is 23.9 Å². The second-order valence-corrected chi connectivity index (χ2v) is 23.0. The molecular formula is C50H71ClN2O8. The van der Waals surface area contributed by atoms with Gasteiger partial charge in [-0.05, 0) is 140 Å². The Labute approximate surface area is 368 Å². The average molecular weight is 864 g/mol. The van der Waals surface area contributed by atoms with Crippen LogP contribution in [0, 0.1) is 68.0 Å². The van der Waals surface area contributed by atoms with Gasteiger partial charge in [0.2, 0.25) is 5.91 Å². The third kappa shape index (κ3) is 7.29. The lowest BCUT2D eigenvalue weighted by Gasteiger charge is -2.72. The molecule has 4 N–H and O–H groups in total. The molecule has 1 aromatic carbocycles. The molecule has 0 heterocycles. The summed E-state index contributed by atoms with van der Waals surface area (Å²) in [5.41, 5.74) is 0.990. The number of esters is 1. The van der Waals surface area contributed by atoms with Crippen LogP contribution in [0.5, 0.6) is 0 Å². The Bertz CT molecular complexity index is 1990. The van der Waals surface area contributed by atoms with E-state index < -0.39 is 40.8 Å². The maximum Gasteiger partial charge on any atom is 0.309 e. The summed E-state index contributed by atoms with van der Waals surface area (Å²) in [4.78, 5) is 66.7. The highest BCUT2D eigenvalue weighted by molar-refractivity contribution is 6.30. The molecule has 0 aliphatic heterocycles. The van der Waals surface area contributed by atoms with Gasteiger partial charge in [0.05, 0.1) is 24.0 Å². The molecular weight excluding hydrogens is 792 g/mol. The molecule has 61 heavy (non-hydrogen) atoms. The molecule has 0 aromatic heterocycles. The van der Waals surface area contributed by atoms with E-state index in [0.717, 1.165) is 56.9 Å². The first-order valence-electron chi connectivity index (χ1n) is 23.1. The minimum atomic E-state index is -0.923. The standard InChI is InChI=1S/C50H71ClN2O8/c1-27(2)40-35(55)24-50(25-39(56)53-34(28(3)54)26-52-42(57)29-11-13-30(51)14-12-29)22-21-48(9)31(41(40)50)15-16-37-47(8)19-18-38(46(6,7)36(47)17-20-49(37,48)10)61-44(60)33-23-32(43(58)59)45(33,4)5/h11-14,27-28,31-34,36-38,54H,15-26H2,1-10H3,(H,52,57)(H,53,56)(H,58,59)/t28?,31-,32+,33-,34+,36+,37-,38+,47+,48-,49-,50+/m1/s1. The summed E-state index contributed by atoms with van der Waals surface area (Å²) in [5.74, 6) is -1.47. The second-order valence-electron chi connectivity index (χ2n) is 22.6. The number of aliphatic carboxylic acids is 1. The number of carboxylic acids is 1. The van der Waals surface area contributed by atoms with Crippen LogP contribution >= 0.6 is 11.6 Å². The van der Waals surface area contributed by atoms with Crippen molar-refractivity contribution < 1.29 is 38.9 Å². The van der Waals surface area contributed by atoms with E-state index >= 15 is 0 Å². The van der Waals surface area contributed by atoms with E-state index in [1.165, 1.54) is 5.57 Å². The Morgan fingerprint density at radius 1 is 0.836 bits per heavy atom. The average Bonchev–Trinajstić information content (AvgIpc) is 3.45. The van der Waals surface area contributed by atoms with Gasteiger partial charge in [0.1, 0.15) is 6.10 Å². The number of aliphatic hydroxyl groups is 1. The van der Waals surface area contributed by atoms with Gasteiger partial charge >= 0.3 is 11.9 Å². The topological polar surface area (TPSA) is 159 Å². The van der Waals surface area contributed by atoms with Gasteiger partial charge in [0.15, 0.2) is 5.78 Å². The minimum absolute atomic E-state index is 0.0165. The maximum absolute atomic E-state index is 14.2. The van der Waals surface area contributed by atoms with E-state index in [2.05, 4.69) is 59.1 Å². The Morgan fingerprint density at radius 3 is 2.11 bits per heavy atom. The number of amides is 2. The van der Waals surface area contributed by atoms with E-state index in [1.807, 2.05) is 13.8 Å². The van der Waals surface area contributed by atoms with Gasteiger partial charge in [-0.25, -0.2) is 0 Å². The fourth-order valence-electron chi connectivity index (χ4n) is 14.9. The first-order valence-corrected chi connectivity index (χ1v) is 23.4. The molecule has 6 aliphatic rings. The van der Waals surface area contributed by atoms with Gasteiger partial charge in [-0.15, -0.1) is 0 Å². The van der Waals surface area contributed by atoms with E-state index in [9.17, 15) is 34.2 Å². The van der Waals surface area contributed by atoms with Crippen molar-refractivity contribution in [3.8, 4) is 0 Å². The maximum atomic E-state index is 14.2. The number of halogens is 1. The third-order valence-electron chi connectivity index (χ3n) is 18.6. The van der Waals surface area contributed by atoms with Gasteiger partial charge in [0.25, 0.3) is 5.91 Å². The zero-order valence-electron chi connectivity index (χ0n) is 38.2. The number of fused-ring (bicyclic) bond motifs is 7. The molecule has 0 spiro atoms. The van der Waals surface area contributed by atoms with Crippen LogP contribution in [0.15, 0.2) is 35.4 Å². The number of ketones is 1. The fraction of sp³-hybridized carbons (Fsp3) is 0.740. The second kappa shape index (κ2) is 15.8. The zero-order valence-corrected chi connectivity index (χ0v) is 39.0. The molecule has 1 unspecified atom stereocenters. The zero-order chi connectivity index (χ0) is 44.8. The molecule has 1 aromatic rings. The lowest BCUT2D eigenvalue weighted by atomic mass is 9.33. The molecule has 7 rings (SSSR count). The quantitative estimate of drug-likeness (QED) is 0.161. The predicted molar refractivity (Wildman–Crippen MR) is 234 cm³/mol. The molecule has 0 saturated heterocycles. The van der Waals surface area contributed by atoms with Crippen molar-refractivity contribution in [2.75, 3.05) is 6.54 Å². The first kappa shape index (κ1) is 45.8. The molecule has 0 bridgehead atoms. The number of allylic oxidation sites excluding steroid dienone is 2. The van der Waals surface area contributed by atoms with E-state index in [1.54, 1.807) is 31.2 Å². The van der Waals surface area contributed by atoms with Crippen molar-refractivity contribution >= 4 is 41.1 Å². The Morgan fingerprint density at radius 2 is 1.51 bits per heavy atom. The lowest BCUT2D eigenvalue weighted by Crippen LogP contribution is -2.66. The Hall–Kier alpha value is -3.24.